The van der Waals surface area contributed by atoms with Gasteiger partial charge < -0.3 is 14.8 Å². The average Bonchev–Trinajstić information content (AvgIpc) is 2.74. The summed E-state index contributed by atoms with van der Waals surface area (Å²) in [5.74, 6) is 1.07. The molecule has 1 amide bonds. The predicted octanol–water partition coefficient (Wildman–Crippen LogP) is 5.23. The van der Waals surface area contributed by atoms with Gasteiger partial charge in [0.2, 0.25) is 0 Å². The second-order valence-electron chi connectivity index (χ2n) is 6.52. The minimum absolute atomic E-state index is 0.227. The van der Waals surface area contributed by atoms with Crippen molar-refractivity contribution in [3.05, 3.63) is 90.0 Å². The maximum atomic E-state index is 12.6. The van der Waals surface area contributed by atoms with E-state index in [0.717, 1.165) is 12.0 Å². The van der Waals surface area contributed by atoms with E-state index < -0.39 is 6.10 Å². The van der Waals surface area contributed by atoms with Gasteiger partial charge in [-0.15, -0.1) is 0 Å². The molecule has 144 valence electrons. The van der Waals surface area contributed by atoms with Gasteiger partial charge in [-0.3, -0.25) is 4.79 Å². The van der Waals surface area contributed by atoms with Crippen LogP contribution in [-0.2, 0) is 17.8 Å². The van der Waals surface area contributed by atoms with E-state index in [1.165, 1.54) is 5.56 Å². The number of para-hydroxylation sites is 2. The van der Waals surface area contributed by atoms with E-state index in [4.69, 9.17) is 9.47 Å². The summed E-state index contributed by atoms with van der Waals surface area (Å²) in [7, 11) is 0. The Morgan fingerprint density at radius 1 is 0.893 bits per heavy atom. The van der Waals surface area contributed by atoms with Gasteiger partial charge in [0, 0.05) is 0 Å². The van der Waals surface area contributed by atoms with Crippen molar-refractivity contribution in [1.29, 1.82) is 0 Å². The molecule has 3 aromatic rings. The first kappa shape index (κ1) is 19.5. The van der Waals surface area contributed by atoms with E-state index in [1.54, 1.807) is 6.92 Å². The van der Waals surface area contributed by atoms with E-state index in [0.29, 0.717) is 23.8 Å². The largest absolute Gasteiger partial charge is 0.487 e. The molecule has 0 saturated heterocycles. The Morgan fingerprint density at radius 2 is 1.57 bits per heavy atom. The third kappa shape index (κ3) is 5.36. The van der Waals surface area contributed by atoms with E-state index in [1.807, 2.05) is 78.9 Å². The molecule has 0 aliphatic carbocycles. The number of rotatable bonds is 8. The second kappa shape index (κ2) is 9.60. The third-order valence-corrected chi connectivity index (χ3v) is 4.40. The van der Waals surface area contributed by atoms with Crippen LogP contribution in [0.3, 0.4) is 0 Å². The van der Waals surface area contributed by atoms with Crippen LogP contribution in [0.15, 0.2) is 78.9 Å². The number of carbonyl (C=O) groups excluding carboxylic acids is 1. The second-order valence-corrected chi connectivity index (χ2v) is 6.52. The summed E-state index contributed by atoms with van der Waals surface area (Å²) in [5, 5.41) is 2.90. The highest BCUT2D eigenvalue weighted by molar-refractivity contribution is 5.95. The lowest BCUT2D eigenvalue weighted by molar-refractivity contribution is -0.122. The highest BCUT2D eigenvalue weighted by Gasteiger charge is 2.16. The molecule has 0 radical (unpaired) electrons. The number of ether oxygens (including phenoxy) is 2. The molecule has 1 N–H and O–H groups in total. The van der Waals surface area contributed by atoms with Crippen LogP contribution < -0.4 is 14.8 Å². The lowest BCUT2D eigenvalue weighted by Crippen LogP contribution is -2.30. The van der Waals surface area contributed by atoms with E-state index in [-0.39, 0.29) is 5.91 Å². The number of nitrogens with one attached hydrogen (secondary N) is 1. The van der Waals surface area contributed by atoms with Crippen LogP contribution in [0, 0.1) is 0 Å². The zero-order valence-corrected chi connectivity index (χ0v) is 16.2. The van der Waals surface area contributed by atoms with Gasteiger partial charge in [-0.05, 0) is 48.7 Å². The van der Waals surface area contributed by atoms with Crippen LogP contribution in [-0.4, -0.2) is 12.0 Å². The van der Waals surface area contributed by atoms with Crippen molar-refractivity contribution in [2.45, 2.75) is 33.0 Å². The maximum Gasteiger partial charge on any atom is 0.265 e. The normalized spacial score (nSPS) is 11.5. The number of benzene rings is 3. The number of anilines is 1. The Morgan fingerprint density at radius 3 is 2.29 bits per heavy atom. The summed E-state index contributed by atoms with van der Waals surface area (Å²) < 4.78 is 11.7. The molecule has 0 aliphatic heterocycles. The number of aryl methyl sites for hydroxylation is 1. The van der Waals surface area contributed by atoms with Crippen LogP contribution in [0.25, 0.3) is 0 Å². The molecule has 0 heterocycles. The maximum absolute atomic E-state index is 12.6. The van der Waals surface area contributed by atoms with Crippen LogP contribution in [0.4, 0.5) is 5.69 Å². The van der Waals surface area contributed by atoms with Crippen molar-refractivity contribution in [3.63, 3.8) is 0 Å². The summed E-state index contributed by atoms with van der Waals surface area (Å²) >= 11 is 0. The van der Waals surface area contributed by atoms with Crippen molar-refractivity contribution < 1.29 is 14.3 Å². The lowest BCUT2D eigenvalue weighted by Gasteiger charge is -2.17. The van der Waals surface area contributed by atoms with Crippen molar-refractivity contribution in [1.82, 2.24) is 0 Å². The molecule has 4 heteroatoms. The molecule has 3 aromatic carbocycles. The van der Waals surface area contributed by atoms with Gasteiger partial charge >= 0.3 is 0 Å². The fourth-order valence-corrected chi connectivity index (χ4v) is 2.73. The Hall–Kier alpha value is -3.27. The summed E-state index contributed by atoms with van der Waals surface area (Å²) in [4.78, 5) is 12.6. The molecular weight excluding hydrogens is 350 g/mol. The van der Waals surface area contributed by atoms with Gasteiger partial charge in [0.25, 0.3) is 5.91 Å². The first-order chi connectivity index (χ1) is 13.7. The number of hydrogen-bond acceptors (Lipinski definition) is 3. The monoisotopic (exact) mass is 375 g/mol. The molecule has 3 rings (SSSR count). The van der Waals surface area contributed by atoms with Crippen LogP contribution in [0.1, 0.15) is 25.0 Å². The van der Waals surface area contributed by atoms with E-state index in [2.05, 4.69) is 12.2 Å². The highest BCUT2D eigenvalue weighted by atomic mass is 16.5. The summed E-state index contributed by atoms with van der Waals surface area (Å²) in [6, 6.07) is 25.1. The quantitative estimate of drug-likeness (QED) is 0.586. The van der Waals surface area contributed by atoms with Crippen LogP contribution in [0.2, 0.25) is 0 Å². The first-order valence-electron chi connectivity index (χ1n) is 9.48. The number of carbonyl (C=O) groups is 1. The molecule has 0 aliphatic rings. The van der Waals surface area contributed by atoms with Gasteiger partial charge in [-0.2, -0.15) is 0 Å². The molecular formula is C24H25NO3. The van der Waals surface area contributed by atoms with Crippen molar-refractivity contribution in [3.8, 4) is 11.5 Å². The molecule has 0 saturated carbocycles. The van der Waals surface area contributed by atoms with Gasteiger partial charge in [-0.1, -0.05) is 61.5 Å². The topological polar surface area (TPSA) is 47.6 Å². The fraction of sp³-hybridized carbons (Fsp3) is 0.208. The Balaban J connectivity index is 1.61. The Labute approximate surface area is 166 Å². The van der Waals surface area contributed by atoms with Crippen molar-refractivity contribution in [2.24, 2.45) is 0 Å². The molecule has 0 bridgehead atoms. The first-order valence-corrected chi connectivity index (χ1v) is 9.48. The predicted molar refractivity (Wildman–Crippen MR) is 112 cm³/mol. The summed E-state index contributed by atoms with van der Waals surface area (Å²) in [6.07, 6.45) is 0.338. The number of amides is 1. The number of hydrogen-bond donors (Lipinski definition) is 1. The minimum atomic E-state index is -0.630. The van der Waals surface area contributed by atoms with Gasteiger partial charge in [-0.25, -0.2) is 0 Å². The molecule has 1 atom stereocenters. The third-order valence-electron chi connectivity index (χ3n) is 4.40. The van der Waals surface area contributed by atoms with Crippen molar-refractivity contribution in [2.75, 3.05) is 5.32 Å². The zero-order valence-electron chi connectivity index (χ0n) is 16.2. The standard InChI is InChI=1S/C24H25NO3/c1-3-19-13-15-21(16-14-19)28-18(2)24(26)25-22-11-7-8-12-23(22)27-17-20-9-5-4-6-10-20/h4-16,18H,3,17H2,1-2H3,(H,25,26). The van der Waals surface area contributed by atoms with Gasteiger partial charge in [0.15, 0.2) is 6.10 Å². The highest BCUT2D eigenvalue weighted by Crippen LogP contribution is 2.25. The average molecular weight is 375 g/mol. The molecule has 0 fully saturated rings. The molecule has 0 spiro atoms. The Kier molecular flexibility index (Phi) is 6.68. The lowest BCUT2D eigenvalue weighted by atomic mass is 10.2. The molecule has 4 nitrogen and oxygen atoms in total. The van der Waals surface area contributed by atoms with Crippen LogP contribution >= 0.6 is 0 Å². The zero-order chi connectivity index (χ0) is 19.8. The molecule has 1 unspecified atom stereocenters. The fourth-order valence-electron chi connectivity index (χ4n) is 2.73. The van der Waals surface area contributed by atoms with E-state index >= 15 is 0 Å². The smallest absolute Gasteiger partial charge is 0.265 e. The molecule has 28 heavy (non-hydrogen) atoms. The minimum Gasteiger partial charge on any atom is -0.487 e. The van der Waals surface area contributed by atoms with Crippen molar-refractivity contribution >= 4 is 11.6 Å². The Bertz CT molecular complexity index is 891. The van der Waals surface area contributed by atoms with E-state index in [9.17, 15) is 4.79 Å². The SMILES string of the molecule is CCc1ccc(OC(C)C(=O)Nc2ccccc2OCc2ccccc2)cc1. The van der Waals surface area contributed by atoms with Gasteiger partial charge in [0.05, 0.1) is 5.69 Å². The van der Waals surface area contributed by atoms with Crippen LogP contribution in [0.5, 0.6) is 11.5 Å². The summed E-state index contributed by atoms with van der Waals surface area (Å²) in [5.41, 5.74) is 2.92. The van der Waals surface area contributed by atoms with Gasteiger partial charge in [0.1, 0.15) is 18.1 Å². The molecule has 0 aromatic heterocycles. The summed E-state index contributed by atoms with van der Waals surface area (Å²) in [6.45, 7) is 4.27.